The zero-order valence-corrected chi connectivity index (χ0v) is 20.4. The molecule has 0 heterocycles. The van der Waals surface area contributed by atoms with E-state index in [2.05, 4.69) is 41.9 Å². The van der Waals surface area contributed by atoms with Crippen LogP contribution in [0.2, 0.25) is 0 Å². The van der Waals surface area contributed by atoms with Crippen LogP contribution in [0.5, 0.6) is 5.75 Å². The van der Waals surface area contributed by atoms with Gasteiger partial charge in [-0.2, -0.15) is 0 Å². The Morgan fingerprint density at radius 3 is 2.32 bits per heavy atom. The number of amides is 1. The molecular formula is C19H19Br2FN2O6S. The zero-order chi connectivity index (χ0) is 23.3. The van der Waals surface area contributed by atoms with Crippen molar-refractivity contribution >= 4 is 59.4 Å². The summed E-state index contributed by atoms with van der Waals surface area (Å²) in [5.74, 6) is -2.43. The number of benzene rings is 2. The third-order valence-electron chi connectivity index (χ3n) is 3.97. The van der Waals surface area contributed by atoms with Gasteiger partial charge in [0.15, 0.2) is 5.82 Å². The van der Waals surface area contributed by atoms with E-state index in [0.717, 1.165) is 0 Å². The smallest absolute Gasteiger partial charge is 0.322 e. The molecule has 0 saturated heterocycles. The molecule has 8 nitrogen and oxygen atoms in total. The van der Waals surface area contributed by atoms with Gasteiger partial charge in [-0.3, -0.25) is 14.3 Å². The molecule has 0 saturated carbocycles. The quantitative estimate of drug-likeness (QED) is 0.414. The highest BCUT2D eigenvalue weighted by molar-refractivity contribution is 9.11. The number of halogens is 3. The van der Waals surface area contributed by atoms with Gasteiger partial charge in [0.05, 0.1) is 20.4 Å². The molecule has 0 unspecified atom stereocenters. The number of carbonyl (C=O) groups excluding carboxylic acids is 1. The van der Waals surface area contributed by atoms with Crippen molar-refractivity contribution in [3.63, 3.8) is 0 Å². The summed E-state index contributed by atoms with van der Waals surface area (Å²) in [6.45, 7) is 2.41. The van der Waals surface area contributed by atoms with Crippen LogP contribution in [0.3, 0.4) is 0 Å². The molecule has 2 aromatic carbocycles. The van der Waals surface area contributed by atoms with Crippen LogP contribution in [0, 0.1) is 12.7 Å². The number of ether oxygens (including phenoxy) is 1. The second kappa shape index (κ2) is 10.4. The highest BCUT2D eigenvalue weighted by Gasteiger charge is 2.18. The minimum Gasteiger partial charge on any atom is -0.486 e. The summed E-state index contributed by atoms with van der Waals surface area (Å²) < 4.78 is 47.1. The molecule has 0 bridgehead atoms. The summed E-state index contributed by atoms with van der Waals surface area (Å²) in [6.07, 6.45) is 0. The highest BCUT2D eigenvalue weighted by atomic mass is 79.9. The first kappa shape index (κ1) is 25.1. The van der Waals surface area contributed by atoms with Crippen molar-refractivity contribution in [2.45, 2.75) is 20.5 Å². The average Bonchev–Trinajstić information content (AvgIpc) is 2.68. The fourth-order valence-corrected chi connectivity index (χ4v) is 4.54. The summed E-state index contributed by atoms with van der Waals surface area (Å²) in [5.41, 5.74) is 0.794. The van der Waals surface area contributed by atoms with Crippen molar-refractivity contribution in [1.82, 2.24) is 5.32 Å². The van der Waals surface area contributed by atoms with Crippen molar-refractivity contribution in [1.29, 1.82) is 0 Å². The molecule has 12 heteroatoms. The Bertz CT molecular complexity index is 1100. The molecular weight excluding hydrogens is 563 g/mol. The van der Waals surface area contributed by atoms with Gasteiger partial charge in [-0.1, -0.05) is 0 Å². The summed E-state index contributed by atoms with van der Waals surface area (Å²) in [4.78, 5) is 22.6. The van der Waals surface area contributed by atoms with E-state index >= 15 is 0 Å². The van der Waals surface area contributed by atoms with Gasteiger partial charge in [-0.05, 0) is 75.5 Å². The first-order chi connectivity index (χ1) is 14.4. The van der Waals surface area contributed by atoms with Crippen LogP contribution in [0.15, 0.2) is 33.2 Å². The van der Waals surface area contributed by atoms with Gasteiger partial charge < -0.3 is 15.2 Å². The first-order valence-electron chi connectivity index (χ1n) is 8.84. The topological polar surface area (TPSA) is 122 Å². The molecule has 0 aliphatic rings. The van der Waals surface area contributed by atoms with Crippen LogP contribution in [-0.2, 0) is 21.4 Å². The Morgan fingerprint density at radius 1 is 1.16 bits per heavy atom. The Balaban J connectivity index is 2.24. The molecule has 2 aromatic rings. The van der Waals surface area contributed by atoms with E-state index in [1.807, 2.05) is 0 Å². The Morgan fingerprint density at radius 2 is 1.77 bits per heavy atom. The van der Waals surface area contributed by atoms with E-state index in [9.17, 15) is 22.4 Å². The van der Waals surface area contributed by atoms with Gasteiger partial charge in [0.1, 0.15) is 18.9 Å². The fraction of sp³-hybridized carbons (Fsp3) is 0.263. The summed E-state index contributed by atoms with van der Waals surface area (Å²) >= 11 is 6.56. The minimum absolute atomic E-state index is 0.135. The van der Waals surface area contributed by atoms with Gasteiger partial charge >= 0.3 is 5.97 Å². The Kier molecular flexibility index (Phi) is 8.43. The van der Waals surface area contributed by atoms with Crippen LogP contribution in [0.1, 0.15) is 28.4 Å². The number of aliphatic carboxylic acids is 1. The number of sulfonamides is 1. The van der Waals surface area contributed by atoms with Gasteiger partial charge in [0, 0.05) is 11.1 Å². The second-order valence-electron chi connectivity index (χ2n) is 6.43. The van der Waals surface area contributed by atoms with E-state index in [1.165, 1.54) is 31.2 Å². The SMILES string of the molecule is CCS(=O)(=O)Nc1cc(C)cc(COc2c(Br)cc(C(=O)NCC(=O)O)cc2Br)c1F. The molecule has 31 heavy (non-hydrogen) atoms. The molecule has 0 radical (unpaired) electrons. The van der Waals surface area contributed by atoms with E-state index < -0.39 is 34.3 Å². The van der Waals surface area contributed by atoms with Crippen molar-refractivity contribution in [3.05, 3.63) is 55.7 Å². The van der Waals surface area contributed by atoms with E-state index in [-0.39, 0.29) is 34.9 Å². The maximum absolute atomic E-state index is 14.8. The lowest BCUT2D eigenvalue weighted by Crippen LogP contribution is -2.29. The molecule has 3 N–H and O–H groups in total. The van der Waals surface area contributed by atoms with Crippen molar-refractivity contribution in [2.75, 3.05) is 17.0 Å². The van der Waals surface area contributed by atoms with Crippen LogP contribution >= 0.6 is 31.9 Å². The number of aryl methyl sites for hydroxylation is 1. The third-order valence-corrected chi connectivity index (χ3v) is 6.44. The minimum atomic E-state index is -3.65. The molecule has 168 valence electrons. The molecule has 0 spiro atoms. The van der Waals surface area contributed by atoms with E-state index in [4.69, 9.17) is 9.84 Å². The Hall–Kier alpha value is -2.18. The average molecular weight is 582 g/mol. The number of rotatable bonds is 9. The van der Waals surface area contributed by atoms with Gasteiger partial charge in [-0.25, -0.2) is 12.8 Å². The monoisotopic (exact) mass is 580 g/mol. The number of hydrogen-bond acceptors (Lipinski definition) is 5. The largest absolute Gasteiger partial charge is 0.486 e. The number of carbonyl (C=O) groups is 2. The molecule has 0 aromatic heterocycles. The molecule has 2 rings (SSSR count). The van der Waals surface area contributed by atoms with E-state index in [0.29, 0.717) is 14.5 Å². The first-order valence-corrected chi connectivity index (χ1v) is 12.1. The molecule has 0 aliphatic carbocycles. The molecule has 0 aliphatic heterocycles. The van der Waals surface area contributed by atoms with Crippen LogP contribution in [0.4, 0.5) is 10.1 Å². The van der Waals surface area contributed by atoms with Crippen molar-refractivity contribution < 1.29 is 32.2 Å². The molecule has 0 fully saturated rings. The third kappa shape index (κ3) is 6.91. The number of hydrogen-bond donors (Lipinski definition) is 3. The zero-order valence-electron chi connectivity index (χ0n) is 16.5. The lowest BCUT2D eigenvalue weighted by Gasteiger charge is -2.15. The number of carboxylic acids is 1. The molecule has 0 atom stereocenters. The fourth-order valence-electron chi connectivity index (χ4n) is 2.50. The maximum Gasteiger partial charge on any atom is 0.322 e. The lowest BCUT2D eigenvalue weighted by molar-refractivity contribution is -0.135. The van der Waals surface area contributed by atoms with Crippen LogP contribution in [-0.4, -0.2) is 37.7 Å². The van der Waals surface area contributed by atoms with Crippen LogP contribution in [0.25, 0.3) is 0 Å². The van der Waals surface area contributed by atoms with Crippen LogP contribution < -0.4 is 14.8 Å². The summed E-state index contributed by atoms with van der Waals surface area (Å²) in [6, 6.07) is 5.80. The van der Waals surface area contributed by atoms with Crippen molar-refractivity contribution in [2.24, 2.45) is 0 Å². The van der Waals surface area contributed by atoms with E-state index in [1.54, 1.807) is 6.92 Å². The van der Waals surface area contributed by atoms with Gasteiger partial charge in [0.2, 0.25) is 10.0 Å². The molecule has 1 amide bonds. The summed E-state index contributed by atoms with van der Waals surface area (Å²) in [5, 5.41) is 10.9. The number of carboxylic acid groups (broad SMARTS) is 1. The Labute approximate surface area is 195 Å². The predicted molar refractivity (Wildman–Crippen MR) is 120 cm³/mol. The normalized spacial score (nSPS) is 11.1. The predicted octanol–water partition coefficient (Wildman–Crippen LogP) is 3.81. The second-order valence-corrected chi connectivity index (χ2v) is 10.1. The number of anilines is 1. The standard InChI is InChI=1S/C19H19Br2FN2O6S/c1-3-31(28,29)24-15-5-10(2)4-12(17(15)22)9-30-18-13(20)6-11(7-14(18)21)19(27)23-8-16(25)26/h4-7,24H,3,8-9H2,1-2H3,(H,23,27)(H,25,26). The van der Waals surface area contributed by atoms with Gasteiger partial charge in [-0.15, -0.1) is 0 Å². The van der Waals surface area contributed by atoms with Crippen molar-refractivity contribution in [3.8, 4) is 5.75 Å². The highest BCUT2D eigenvalue weighted by Crippen LogP contribution is 2.36. The van der Waals surface area contributed by atoms with Gasteiger partial charge in [0.25, 0.3) is 5.91 Å². The summed E-state index contributed by atoms with van der Waals surface area (Å²) in [7, 11) is -3.65. The lowest BCUT2D eigenvalue weighted by atomic mass is 10.1. The number of nitrogens with one attached hydrogen (secondary N) is 2. The maximum atomic E-state index is 14.8.